The van der Waals surface area contributed by atoms with E-state index in [2.05, 4.69) is 55.8 Å². The van der Waals surface area contributed by atoms with Gasteiger partial charge in [-0.05, 0) is 38.4 Å². The largest absolute Gasteiger partial charge is 0.365 e. The Morgan fingerprint density at radius 3 is 2.58 bits per heavy atom. The smallest absolute Gasteiger partial charge is 0.0539 e. The molecule has 1 heterocycles. The molecule has 0 saturated carbocycles. The summed E-state index contributed by atoms with van der Waals surface area (Å²) in [6, 6.07) is 7.14. The van der Waals surface area contributed by atoms with Crippen molar-refractivity contribution in [3.8, 4) is 0 Å². The first-order valence-electron chi connectivity index (χ1n) is 7.23. The van der Waals surface area contributed by atoms with Crippen molar-refractivity contribution in [2.75, 3.05) is 38.1 Å². The molecule has 2 rings (SSSR count). The molecule has 0 bridgehead atoms. The van der Waals surface area contributed by atoms with Crippen LogP contribution in [0.5, 0.6) is 0 Å². The number of hydrogen-bond donors (Lipinski definition) is 1. The molecule has 2 atom stereocenters. The number of hydrogen-bond acceptors (Lipinski definition) is 3. The highest BCUT2D eigenvalue weighted by Gasteiger charge is 2.26. The van der Waals surface area contributed by atoms with E-state index in [0.29, 0.717) is 18.5 Å². The predicted molar refractivity (Wildman–Crippen MR) is 82.8 cm³/mol. The van der Waals surface area contributed by atoms with E-state index in [-0.39, 0.29) is 0 Å². The molecular formula is C16H27N3. The Morgan fingerprint density at radius 2 is 1.95 bits per heavy atom. The molecule has 1 aliphatic rings. The van der Waals surface area contributed by atoms with Crippen LogP contribution in [0.4, 0.5) is 5.69 Å². The maximum atomic E-state index is 6.02. The minimum Gasteiger partial charge on any atom is -0.365 e. The van der Waals surface area contributed by atoms with Crippen molar-refractivity contribution in [1.29, 1.82) is 0 Å². The molecule has 0 spiro atoms. The van der Waals surface area contributed by atoms with Crippen molar-refractivity contribution >= 4 is 5.69 Å². The van der Waals surface area contributed by atoms with Gasteiger partial charge in [-0.25, -0.2) is 0 Å². The van der Waals surface area contributed by atoms with Gasteiger partial charge in [-0.1, -0.05) is 24.6 Å². The summed E-state index contributed by atoms with van der Waals surface area (Å²) >= 11 is 0. The van der Waals surface area contributed by atoms with Crippen molar-refractivity contribution < 1.29 is 0 Å². The van der Waals surface area contributed by atoms with Crippen molar-refractivity contribution in [3.05, 3.63) is 29.3 Å². The van der Waals surface area contributed by atoms with Crippen LogP contribution in [0.25, 0.3) is 0 Å². The van der Waals surface area contributed by atoms with Crippen LogP contribution in [0.15, 0.2) is 18.2 Å². The Hall–Kier alpha value is -1.06. The van der Waals surface area contributed by atoms with Gasteiger partial charge in [0.25, 0.3) is 0 Å². The van der Waals surface area contributed by atoms with Crippen LogP contribution in [0, 0.1) is 19.8 Å². The van der Waals surface area contributed by atoms with Gasteiger partial charge in [0.05, 0.1) is 6.04 Å². The summed E-state index contributed by atoms with van der Waals surface area (Å²) in [7, 11) is 2.20. The topological polar surface area (TPSA) is 32.5 Å². The highest BCUT2D eigenvalue weighted by Crippen LogP contribution is 2.26. The molecule has 3 nitrogen and oxygen atoms in total. The molecule has 0 aliphatic carbocycles. The van der Waals surface area contributed by atoms with Crippen molar-refractivity contribution in [2.45, 2.75) is 26.8 Å². The molecule has 1 aliphatic heterocycles. The van der Waals surface area contributed by atoms with E-state index in [9.17, 15) is 0 Å². The molecule has 3 heteroatoms. The minimum atomic E-state index is 0.413. The lowest BCUT2D eigenvalue weighted by Crippen LogP contribution is -2.45. The Balaban J connectivity index is 2.33. The average molecular weight is 261 g/mol. The second-order valence-electron chi connectivity index (χ2n) is 6.16. The van der Waals surface area contributed by atoms with Crippen molar-refractivity contribution in [2.24, 2.45) is 11.7 Å². The van der Waals surface area contributed by atoms with Gasteiger partial charge in [0, 0.05) is 31.9 Å². The van der Waals surface area contributed by atoms with Crippen LogP contribution in [-0.2, 0) is 0 Å². The van der Waals surface area contributed by atoms with Gasteiger partial charge in [0.1, 0.15) is 0 Å². The van der Waals surface area contributed by atoms with E-state index in [1.165, 1.54) is 16.8 Å². The molecule has 1 aromatic carbocycles. The molecule has 0 radical (unpaired) electrons. The third-order valence-electron chi connectivity index (χ3n) is 4.03. The van der Waals surface area contributed by atoms with Crippen molar-refractivity contribution in [3.63, 3.8) is 0 Å². The third-order valence-corrected chi connectivity index (χ3v) is 4.03. The first-order chi connectivity index (χ1) is 9.01. The monoisotopic (exact) mass is 261 g/mol. The highest BCUT2D eigenvalue weighted by molar-refractivity contribution is 5.55. The molecule has 1 fully saturated rings. The van der Waals surface area contributed by atoms with Crippen LogP contribution in [0.2, 0.25) is 0 Å². The third kappa shape index (κ3) is 3.28. The summed E-state index contributed by atoms with van der Waals surface area (Å²) in [5.41, 5.74) is 10.1. The number of rotatable bonds is 2. The molecule has 0 aromatic heterocycles. The summed E-state index contributed by atoms with van der Waals surface area (Å²) in [6.45, 7) is 10.7. The molecule has 1 saturated heterocycles. The fraction of sp³-hybridized carbons (Fsp3) is 0.625. The number of anilines is 1. The zero-order chi connectivity index (χ0) is 14.0. The van der Waals surface area contributed by atoms with Crippen LogP contribution >= 0.6 is 0 Å². The summed E-state index contributed by atoms with van der Waals surface area (Å²) < 4.78 is 0. The average Bonchev–Trinajstić information content (AvgIpc) is 2.47. The fourth-order valence-corrected chi connectivity index (χ4v) is 3.23. The lowest BCUT2D eigenvalue weighted by Gasteiger charge is -2.34. The van der Waals surface area contributed by atoms with E-state index >= 15 is 0 Å². The van der Waals surface area contributed by atoms with E-state index < -0.39 is 0 Å². The Bertz CT molecular complexity index is 430. The first kappa shape index (κ1) is 14.4. The number of nitrogens with zero attached hydrogens (tertiary/aromatic N) is 2. The molecule has 2 unspecified atom stereocenters. The predicted octanol–water partition coefficient (Wildman–Crippen LogP) is 2.02. The van der Waals surface area contributed by atoms with Gasteiger partial charge >= 0.3 is 0 Å². The second kappa shape index (κ2) is 5.93. The van der Waals surface area contributed by atoms with Crippen LogP contribution in [-0.4, -0.2) is 44.2 Å². The van der Waals surface area contributed by atoms with Gasteiger partial charge in [0.2, 0.25) is 0 Å². The number of benzene rings is 1. The fourth-order valence-electron chi connectivity index (χ4n) is 3.23. The molecular weight excluding hydrogens is 234 g/mol. The molecule has 1 aromatic rings. The summed E-state index contributed by atoms with van der Waals surface area (Å²) in [6.07, 6.45) is 0. The van der Waals surface area contributed by atoms with Crippen LogP contribution < -0.4 is 10.6 Å². The van der Waals surface area contributed by atoms with Crippen LogP contribution in [0.1, 0.15) is 18.1 Å². The zero-order valence-corrected chi connectivity index (χ0v) is 12.7. The number of likely N-dealkylation sites (N-methyl/N-ethyl adjacent to an activating group) is 1. The van der Waals surface area contributed by atoms with E-state index in [1.54, 1.807) is 0 Å². The highest BCUT2D eigenvalue weighted by atomic mass is 15.2. The normalized spacial score (nSPS) is 25.4. The Morgan fingerprint density at radius 1 is 1.21 bits per heavy atom. The van der Waals surface area contributed by atoms with E-state index in [4.69, 9.17) is 5.73 Å². The Labute approximate surface area is 117 Å². The standard InChI is InChI=1S/C16H27N3/c1-12-5-6-16(14(3)7-12)19-10-13(2)9-18(4)11-15(19)8-17/h5-7,13,15H,8-11,17H2,1-4H3. The van der Waals surface area contributed by atoms with Gasteiger partial charge in [-0.3, -0.25) is 0 Å². The zero-order valence-electron chi connectivity index (χ0n) is 12.7. The lowest BCUT2D eigenvalue weighted by atomic mass is 10.1. The first-order valence-corrected chi connectivity index (χ1v) is 7.23. The minimum absolute atomic E-state index is 0.413. The summed E-state index contributed by atoms with van der Waals surface area (Å²) in [4.78, 5) is 4.93. The van der Waals surface area contributed by atoms with E-state index in [1.807, 2.05) is 0 Å². The quantitative estimate of drug-likeness (QED) is 0.884. The van der Waals surface area contributed by atoms with Crippen LogP contribution in [0.3, 0.4) is 0 Å². The second-order valence-corrected chi connectivity index (χ2v) is 6.16. The van der Waals surface area contributed by atoms with Crippen molar-refractivity contribution in [1.82, 2.24) is 4.90 Å². The van der Waals surface area contributed by atoms with Gasteiger partial charge in [0.15, 0.2) is 0 Å². The van der Waals surface area contributed by atoms with Gasteiger partial charge in [-0.2, -0.15) is 0 Å². The van der Waals surface area contributed by atoms with Gasteiger partial charge in [-0.15, -0.1) is 0 Å². The Kier molecular flexibility index (Phi) is 4.48. The maximum absolute atomic E-state index is 6.02. The summed E-state index contributed by atoms with van der Waals surface area (Å²) in [5, 5.41) is 0. The molecule has 106 valence electrons. The SMILES string of the molecule is Cc1ccc(N2CC(C)CN(C)CC2CN)c(C)c1. The molecule has 0 amide bonds. The number of aryl methyl sites for hydroxylation is 2. The molecule has 2 N–H and O–H groups in total. The number of nitrogens with two attached hydrogens (primary N) is 1. The van der Waals surface area contributed by atoms with Gasteiger partial charge < -0.3 is 15.5 Å². The maximum Gasteiger partial charge on any atom is 0.0539 e. The summed E-state index contributed by atoms with van der Waals surface area (Å²) in [5.74, 6) is 0.669. The van der Waals surface area contributed by atoms with E-state index in [0.717, 1.165) is 19.6 Å². The molecule has 19 heavy (non-hydrogen) atoms. The lowest BCUT2D eigenvalue weighted by molar-refractivity contribution is 0.304.